The Morgan fingerprint density at radius 2 is 1.19 bits per heavy atom. The van der Waals surface area contributed by atoms with Crippen molar-refractivity contribution in [3.8, 4) is 0 Å². The topological polar surface area (TPSA) is 0 Å². The average Bonchev–Trinajstić information content (AvgIpc) is 2.51. The van der Waals surface area contributed by atoms with E-state index in [9.17, 15) is 16.9 Å². The zero-order valence-corrected chi connectivity index (χ0v) is 19.0. The molecule has 148 valence electrons. The van der Waals surface area contributed by atoms with Crippen molar-refractivity contribution in [2.75, 3.05) is 0 Å². The summed E-state index contributed by atoms with van der Waals surface area (Å²) >= 11 is -11.3. The van der Waals surface area contributed by atoms with Crippen molar-refractivity contribution in [1.82, 2.24) is 0 Å². The third-order valence-electron chi connectivity index (χ3n) is 3.18. The normalized spacial score (nSPS) is 14.0. The summed E-state index contributed by atoms with van der Waals surface area (Å²) in [5, 5.41) is 0. The van der Waals surface area contributed by atoms with Crippen LogP contribution in [0.1, 0.15) is 38.2 Å². The van der Waals surface area contributed by atoms with Gasteiger partial charge in [-0.1, -0.05) is 56.5 Å². The fourth-order valence-corrected chi connectivity index (χ4v) is 4.29. The maximum absolute atomic E-state index is 11.2. The first-order valence-electron chi connectivity index (χ1n) is 8.18. The predicted octanol–water partition coefficient (Wildman–Crippen LogP) is 4.08. The van der Waals surface area contributed by atoms with E-state index in [4.69, 9.17) is 0 Å². The molecule has 0 radical (unpaired) electrons. The van der Waals surface area contributed by atoms with Crippen LogP contribution < -0.4 is 21.2 Å². The Bertz CT molecular complexity index is 642. The second kappa shape index (κ2) is 9.17. The van der Waals surface area contributed by atoms with E-state index in [0.717, 1.165) is 0 Å². The van der Waals surface area contributed by atoms with Crippen molar-refractivity contribution in [2.45, 2.75) is 39.0 Å². The van der Waals surface area contributed by atoms with Gasteiger partial charge in [0.25, 0.3) is 0 Å². The van der Waals surface area contributed by atoms with E-state index in [-0.39, 0.29) is 21.2 Å². The van der Waals surface area contributed by atoms with Crippen molar-refractivity contribution in [3.05, 3.63) is 67.3 Å². The van der Waals surface area contributed by atoms with Crippen LogP contribution in [0.4, 0.5) is 16.9 Å². The van der Waals surface area contributed by atoms with E-state index in [0.29, 0.717) is 0 Å². The van der Waals surface area contributed by atoms with Crippen molar-refractivity contribution in [1.29, 1.82) is 0 Å². The molecule has 2 aromatic carbocycles. The Hall–Kier alpha value is -0.432. The molecule has 0 nitrogen and oxygen atoms in total. The van der Waals surface area contributed by atoms with Crippen molar-refractivity contribution >= 4 is 19.5 Å². The van der Waals surface area contributed by atoms with Crippen LogP contribution in [0, 0.1) is 7.14 Å². The average molecular weight is 601 g/mol. The van der Waals surface area contributed by atoms with Crippen molar-refractivity contribution < 1.29 is 38.1 Å². The molecule has 0 aromatic heterocycles. The summed E-state index contributed by atoms with van der Waals surface area (Å²) in [6.07, 6.45) is 6.64. The van der Waals surface area contributed by atoms with Crippen molar-refractivity contribution in [2.24, 2.45) is 0 Å². The van der Waals surface area contributed by atoms with Crippen LogP contribution in [-0.2, 0) is 6.42 Å². The zero-order valence-electron chi connectivity index (χ0n) is 14.3. The molecule has 0 N–H and O–H groups in total. The zero-order chi connectivity index (χ0) is 19.7. The molecular formula is C18H22F6ISb. The van der Waals surface area contributed by atoms with Gasteiger partial charge in [-0.3, -0.25) is 0 Å². The van der Waals surface area contributed by atoms with E-state index in [2.05, 4.69) is 61.5 Å². The Morgan fingerprint density at radius 3 is 1.69 bits per heavy atom. The fourth-order valence-electron chi connectivity index (χ4n) is 2.07. The predicted molar refractivity (Wildman–Crippen MR) is 90.5 cm³/mol. The Balaban J connectivity index is 0.000000412. The van der Waals surface area contributed by atoms with Crippen LogP contribution in [0.5, 0.6) is 0 Å². The van der Waals surface area contributed by atoms with Crippen LogP contribution in [0.2, 0.25) is 0 Å². The van der Waals surface area contributed by atoms with E-state index < -0.39 is 19.5 Å². The summed E-state index contributed by atoms with van der Waals surface area (Å²) in [6, 6.07) is 20.2. The molecule has 2 aromatic rings. The first-order chi connectivity index (χ1) is 11.8. The van der Waals surface area contributed by atoms with Crippen LogP contribution in [0.15, 0.2) is 54.6 Å². The molecule has 26 heavy (non-hydrogen) atoms. The molecule has 0 atom stereocenters. The molecule has 2 rings (SSSR count). The molecule has 8 heteroatoms. The van der Waals surface area contributed by atoms with Gasteiger partial charge >= 0.3 is 57.6 Å². The Kier molecular flexibility index (Phi) is 8.33. The van der Waals surface area contributed by atoms with Crippen LogP contribution in [-0.4, -0.2) is 19.5 Å². The van der Waals surface area contributed by atoms with Gasteiger partial charge in [0.15, 0.2) is 7.14 Å². The molecule has 0 saturated heterocycles. The van der Waals surface area contributed by atoms with E-state index >= 15 is 0 Å². The van der Waals surface area contributed by atoms with Gasteiger partial charge in [-0.25, -0.2) is 0 Å². The van der Waals surface area contributed by atoms with Crippen LogP contribution >= 0.6 is 0 Å². The number of aryl methyl sites for hydroxylation is 1. The summed E-state index contributed by atoms with van der Waals surface area (Å²) in [7, 11) is 0. The summed E-state index contributed by atoms with van der Waals surface area (Å²) in [4.78, 5) is 0. The molecule has 0 bridgehead atoms. The number of halogens is 7. The van der Waals surface area contributed by atoms with Gasteiger partial charge in [0.2, 0.25) is 0 Å². The summed E-state index contributed by atoms with van der Waals surface area (Å²) in [5.74, 6) is 0. The van der Waals surface area contributed by atoms with Crippen molar-refractivity contribution in [3.63, 3.8) is 0 Å². The van der Waals surface area contributed by atoms with E-state index in [1.54, 1.807) is 0 Å². The van der Waals surface area contributed by atoms with Gasteiger partial charge in [-0.2, -0.15) is 0 Å². The van der Waals surface area contributed by atoms with E-state index in [1.807, 2.05) is 0 Å². The molecular weight excluding hydrogens is 579 g/mol. The van der Waals surface area contributed by atoms with Gasteiger partial charge < -0.3 is 0 Å². The maximum atomic E-state index is 9.93. The van der Waals surface area contributed by atoms with Gasteiger partial charge in [0, 0.05) is 0 Å². The Morgan fingerprint density at radius 1 is 0.692 bits per heavy atom. The van der Waals surface area contributed by atoms with Gasteiger partial charge in [0.1, 0.15) is 0 Å². The minimum atomic E-state index is -11.2. The van der Waals surface area contributed by atoms with Gasteiger partial charge in [0.05, 0.1) is 0 Å². The fraction of sp³-hybridized carbons (Fsp3) is 0.333. The van der Waals surface area contributed by atoms with E-state index in [1.165, 1.54) is 44.8 Å². The van der Waals surface area contributed by atoms with Gasteiger partial charge in [-0.05, 0) is 42.7 Å². The molecule has 0 spiro atoms. The SMILES string of the molecule is CCCCCCc1ccc([I+]c2ccccc2)cc1.[F][Sb-]([F])([F])([F])([F])[F]. The molecule has 0 saturated carbocycles. The monoisotopic (exact) mass is 600 g/mol. The summed E-state index contributed by atoms with van der Waals surface area (Å²) in [5.41, 5.74) is 1.50. The first-order valence-corrected chi connectivity index (χ1v) is 16.1. The minimum absolute atomic E-state index is 0.00366. The second-order valence-corrected chi connectivity index (χ2v) is 14.3. The molecule has 0 heterocycles. The third-order valence-corrected chi connectivity index (χ3v) is 5.87. The first kappa shape index (κ1) is 23.6. The summed E-state index contributed by atoms with van der Waals surface area (Å²) in [6.45, 7) is 2.27. The third kappa shape index (κ3) is 15.8. The molecule has 0 unspecified atom stereocenters. The standard InChI is InChI=1S/C18H22I.6FH.Sb/c1-2-3-4-6-9-16-12-14-18(15-13-16)19-17-10-7-5-8-11-17;;;;;;;/h5,7-8,10-15H,2-4,6,9H2,1H3;6*1H;/q+1;;;;;;;+5/p-6. The molecule has 0 aliphatic heterocycles. The number of rotatable bonds is 7. The molecule has 0 fully saturated rings. The number of hydrogen-bond donors (Lipinski definition) is 0. The van der Waals surface area contributed by atoms with Crippen LogP contribution in [0.3, 0.4) is 0 Å². The second-order valence-electron chi connectivity index (χ2n) is 5.79. The molecule has 0 aliphatic carbocycles. The number of unbranched alkanes of at least 4 members (excludes halogenated alkanes) is 3. The summed E-state index contributed by atoms with van der Waals surface area (Å²) < 4.78 is 62.6. The number of benzene rings is 2. The molecule has 0 amide bonds. The van der Waals surface area contributed by atoms with Gasteiger partial charge in [-0.15, -0.1) is 0 Å². The number of hydrogen-bond acceptors (Lipinski definition) is 0. The van der Waals surface area contributed by atoms with Crippen LogP contribution in [0.25, 0.3) is 0 Å². The Labute approximate surface area is 163 Å². The molecule has 0 aliphatic rings. The quantitative estimate of drug-likeness (QED) is 0.195.